The minimum Gasteiger partial charge on any atom is -0.369 e. The molecule has 1 saturated carbocycles. The van der Waals surface area contributed by atoms with Gasteiger partial charge in [0.25, 0.3) is 0 Å². The first kappa shape index (κ1) is 13.8. The van der Waals surface area contributed by atoms with Crippen LogP contribution in [0.5, 0.6) is 0 Å². The van der Waals surface area contributed by atoms with Crippen LogP contribution in [0.3, 0.4) is 0 Å². The monoisotopic (exact) mass is 282 g/mol. The largest absolute Gasteiger partial charge is 0.369 e. The van der Waals surface area contributed by atoms with Crippen LogP contribution >= 0.6 is 11.3 Å². The van der Waals surface area contributed by atoms with Gasteiger partial charge in [0.15, 0.2) is 5.13 Å². The summed E-state index contributed by atoms with van der Waals surface area (Å²) < 4.78 is 0. The van der Waals surface area contributed by atoms with E-state index < -0.39 is 5.91 Å². The Morgan fingerprint density at radius 2 is 2.32 bits per heavy atom. The molecule has 1 aliphatic carbocycles. The van der Waals surface area contributed by atoms with Gasteiger partial charge >= 0.3 is 6.03 Å². The molecule has 0 spiro atoms. The molecular weight excluding hydrogens is 264 g/mol. The van der Waals surface area contributed by atoms with Crippen molar-refractivity contribution in [2.75, 3.05) is 11.9 Å². The van der Waals surface area contributed by atoms with Crippen molar-refractivity contribution in [3.05, 3.63) is 11.1 Å². The second-order valence-corrected chi connectivity index (χ2v) is 5.50. The molecule has 0 atom stereocenters. The molecule has 1 heterocycles. The highest BCUT2D eigenvalue weighted by Crippen LogP contribution is 2.28. The van der Waals surface area contributed by atoms with Gasteiger partial charge in [-0.15, -0.1) is 11.3 Å². The predicted molar refractivity (Wildman–Crippen MR) is 74.1 cm³/mol. The highest BCUT2D eigenvalue weighted by atomic mass is 32.1. The average molecular weight is 282 g/mol. The number of nitrogens with one attached hydrogen (secondary N) is 1. The standard InChI is InChI=1S/C12H18N4O2S/c1-2-5-16(9-3-4-9)12(18)15-11-14-8(7-19-11)6-10(13)17/h7,9H,2-6H2,1H3,(H2,13,17)(H,14,15,18). The van der Waals surface area contributed by atoms with Crippen molar-refractivity contribution in [3.63, 3.8) is 0 Å². The van der Waals surface area contributed by atoms with Crippen molar-refractivity contribution in [2.24, 2.45) is 5.73 Å². The first-order valence-corrected chi connectivity index (χ1v) is 7.28. The van der Waals surface area contributed by atoms with E-state index >= 15 is 0 Å². The minimum atomic E-state index is -0.422. The molecule has 1 fully saturated rings. The van der Waals surface area contributed by atoms with Crippen molar-refractivity contribution in [1.29, 1.82) is 0 Å². The second-order valence-electron chi connectivity index (χ2n) is 4.64. The van der Waals surface area contributed by atoms with E-state index in [2.05, 4.69) is 17.2 Å². The van der Waals surface area contributed by atoms with Gasteiger partial charge in [-0.05, 0) is 19.3 Å². The second kappa shape index (κ2) is 6.01. The molecule has 0 aromatic carbocycles. The number of amides is 3. The fraction of sp³-hybridized carbons (Fsp3) is 0.583. The summed E-state index contributed by atoms with van der Waals surface area (Å²) in [5, 5.41) is 5.04. The number of nitrogens with zero attached hydrogens (tertiary/aromatic N) is 2. The van der Waals surface area contributed by atoms with Crippen molar-refractivity contribution in [2.45, 2.75) is 38.6 Å². The Kier molecular flexibility index (Phi) is 4.36. The molecule has 0 bridgehead atoms. The van der Waals surface area contributed by atoms with E-state index in [1.54, 1.807) is 5.38 Å². The minimum absolute atomic E-state index is 0.105. The third-order valence-electron chi connectivity index (χ3n) is 2.83. The molecule has 104 valence electrons. The van der Waals surface area contributed by atoms with E-state index in [0.717, 1.165) is 25.8 Å². The van der Waals surface area contributed by atoms with Gasteiger partial charge in [-0.1, -0.05) is 6.92 Å². The molecule has 0 aliphatic heterocycles. The Hall–Kier alpha value is -1.63. The third kappa shape index (κ3) is 3.92. The number of primary amides is 1. The van der Waals surface area contributed by atoms with Gasteiger partial charge in [-0.25, -0.2) is 9.78 Å². The maximum atomic E-state index is 12.1. The van der Waals surface area contributed by atoms with Crippen LogP contribution in [0.2, 0.25) is 0 Å². The van der Waals surface area contributed by atoms with E-state index in [1.165, 1.54) is 11.3 Å². The molecule has 2 rings (SSSR count). The third-order valence-corrected chi connectivity index (χ3v) is 3.64. The number of thiazole rings is 1. The van der Waals surface area contributed by atoms with Crippen LogP contribution in [-0.2, 0) is 11.2 Å². The maximum absolute atomic E-state index is 12.1. The van der Waals surface area contributed by atoms with Crippen LogP contribution in [0.15, 0.2) is 5.38 Å². The zero-order valence-corrected chi connectivity index (χ0v) is 11.7. The van der Waals surface area contributed by atoms with Crippen molar-refractivity contribution < 1.29 is 9.59 Å². The molecule has 3 N–H and O–H groups in total. The quantitative estimate of drug-likeness (QED) is 0.830. The molecule has 1 aromatic heterocycles. The van der Waals surface area contributed by atoms with Gasteiger partial charge in [0.05, 0.1) is 12.1 Å². The van der Waals surface area contributed by atoms with E-state index in [1.807, 2.05) is 4.90 Å². The Bertz CT molecular complexity index is 470. The lowest BCUT2D eigenvalue weighted by Gasteiger charge is -2.21. The average Bonchev–Trinajstić information content (AvgIpc) is 3.08. The van der Waals surface area contributed by atoms with Crippen LogP contribution in [0.1, 0.15) is 31.9 Å². The van der Waals surface area contributed by atoms with Crippen LogP contribution in [0.4, 0.5) is 9.93 Å². The Morgan fingerprint density at radius 3 is 2.89 bits per heavy atom. The zero-order chi connectivity index (χ0) is 13.8. The fourth-order valence-corrected chi connectivity index (χ4v) is 2.56. The molecule has 0 radical (unpaired) electrons. The van der Waals surface area contributed by atoms with Gasteiger partial charge < -0.3 is 10.6 Å². The van der Waals surface area contributed by atoms with Gasteiger partial charge in [0, 0.05) is 18.0 Å². The van der Waals surface area contributed by atoms with Gasteiger partial charge in [0.1, 0.15) is 0 Å². The van der Waals surface area contributed by atoms with Crippen molar-refractivity contribution in [1.82, 2.24) is 9.88 Å². The van der Waals surface area contributed by atoms with E-state index in [4.69, 9.17) is 5.73 Å². The molecular formula is C12H18N4O2S. The van der Waals surface area contributed by atoms with E-state index in [0.29, 0.717) is 16.9 Å². The highest BCUT2D eigenvalue weighted by molar-refractivity contribution is 7.13. The summed E-state index contributed by atoms with van der Waals surface area (Å²) in [6.07, 6.45) is 3.21. The van der Waals surface area contributed by atoms with Crippen LogP contribution in [0.25, 0.3) is 0 Å². The summed E-state index contributed by atoms with van der Waals surface area (Å²) in [4.78, 5) is 28.9. The lowest BCUT2D eigenvalue weighted by molar-refractivity contribution is -0.117. The molecule has 3 amide bonds. The van der Waals surface area contributed by atoms with Crippen LogP contribution in [-0.4, -0.2) is 34.4 Å². The summed E-state index contributed by atoms with van der Waals surface area (Å²) in [6.45, 7) is 2.81. The van der Waals surface area contributed by atoms with Crippen LogP contribution < -0.4 is 11.1 Å². The molecule has 19 heavy (non-hydrogen) atoms. The predicted octanol–water partition coefficient (Wildman–Crippen LogP) is 1.58. The SMILES string of the molecule is CCCN(C(=O)Nc1nc(CC(N)=O)cs1)C1CC1. The Labute approximate surface area is 116 Å². The first-order chi connectivity index (χ1) is 9.10. The molecule has 6 nitrogen and oxygen atoms in total. The number of rotatable bonds is 6. The summed E-state index contributed by atoms with van der Waals surface area (Å²) in [6, 6.07) is 0.273. The van der Waals surface area contributed by atoms with E-state index in [-0.39, 0.29) is 12.5 Å². The van der Waals surface area contributed by atoms with Gasteiger partial charge in [-0.2, -0.15) is 0 Å². The summed E-state index contributed by atoms with van der Waals surface area (Å²) in [5.74, 6) is -0.422. The Morgan fingerprint density at radius 1 is 1.58 bits per heavy atom. The summed E-state index contributed by atoms with van der Waals surface area (Å²) in [5.41, 5.74) is 5.70. The number of urea groups is 1. The van der Waals surface area contributed by atoms with Gasteiger partial charge in [-0.3, -0.25) is 10.1 Å². The molecule has 7 heteroatoms. The number of carbonyl (C=O) groups is 2. The number of anilines is 1. The fourth-order valence-electron chi connectivity index (χ4n) is 1.86. The van der Waals surface area contributed by atoms with Crippen LogP contribution in [0, 0.1) is 0 Å². The molecule has 1 aromatic rings. The summed E-state index contributed by atoms with van der Waals surface area (Å²) in [7, 11) is 0. The summed E-state index contributed by atoms with van der Waals surface area (Å²) >= 11 is 1.31. The van der Waals surface area contributed by atoms with Gasteiger partial charge in [0.2, 0.25) is 5.91 Å². The molecule has 1 aliphatic rings. The molecule has 0 saturated heterocycles. The number of hydrogen-bond donors (Lipinski definition) is 2. The molecule has 0 unspecified atom stereocenters. The first-order valence-electron chi connectivity index (χ1n) is 6.40. The van der Waals surface area contributed by atoms with E-state index in [9.17, 15) is 9.59 Å². The normalized spacial score (nSPS) is 14.2. The smallest absolute Gasteiger partial charge is 0.323 e. The Balaban J connectivity index is 1.93. The highest BCUT2D eigenvalue weighted by Gasteiger charge is 2.32. The topological polar surface area (TPSA) is 88.3 Å². The number of nitrogens with two attached hydrogens (primary N) is 1. The number of carbonyl (C=O) groups excluding carboxylic acids is 2. The number of hydrogen-bond acceptors (Lipinski definition) is 4. The maximum Gasteiger partial charge on any atom is 0.323 e. The lowest BCUT2D eigenvalue weighted by atomic mass is 10.3. The zero-order valence-electron chi connectivity index (χ0n) is 10.9. The van der Waals surface area contributed by atoms with Crippen molar-refractivity contribution >= 4 is 28.4 Å². The van der Waals surface area contributed by atoms with Crippen molar-refractivity contribution in [3.8, 4) is 0 Å². The number of aromatic nitrogens is 1. The lowest BCUT2D eigenvalue weighted by Crippen LogP contribution is -2.37.